The van der Waals surface area contributed by atoms with Crippen LogP contribution < -0.4 is 0 Å². The second-order valence-electron chi connectivity index (χ2n) is 11.4. The number of hydrogen-bond acceptors (Lipinski definition) is 5. The predicted octanol–water partition coefficient (Wildman–Crippen LogP) is 2.92. The number of benzene rings is 1. The summed E-state index contributed by atoms with van der Waals surface area (Å²) in [6.45, 7) is 7.43. The lowest BCUT2D eigenvalue weighted by atomic mass is 9.73. The van der Waals surface area contributed by atoms with Gasteiger partial charge in [0.1, 0.15) is 11.6 Å². The first kappa shape index (κ1) is 27.6. The summed E-state index contributed by atoms with van der Waals surface area (Å²) in [6.07, 6.45) is 11.2. The molecule has 210 valence electrons. The predicted molar refractivity (Wildman–Crippen MR) is 147 cm³/mol. The van der Waals surface area contributed by atoms with E-state index in [2.05, 4.69) is 6.92 Å². The van der Waals surface area contributed by atoms with Gasteiger partial charge >= 0.3 is 0 Å². The summed E-state index contributed by atoms with van der Waals surface area (Å²) >= 11 is 0. The molecule has 1 unspecified atom stereocenters. The van der Waals surface area contributed by atoms with Gasteiger partial charge < -0.3 is 24.5 Å². The van der Waals surface area contributed by atoms with Crippen LogP contribution in [0.4, 0.5) is 0 Å². The Morgan fingerprint density at radius 2 is 1.67 bits per heavy atom. The molecule has 2 fully saturated rings. The number of nitrogens with zero attached hydrogens (tertiary/aromatic N) is 3. The Bertz CT molecular complexity index is 1150. The van der Waals surface area contributed by atoms with Crippen molar-refractivity contribution in [1.29, 1.82) is 0 Å². The highest BCUT2D eigenvalue weighted by Crippen LogP contribution is 2.58. The molecule has 6 atom stereocenters. The third-order valence-corrected chi connectivity index (χ3v) is 9.03. The molecule has 8 heteroatoms. The average Bonchev–Trinajstić information content (AvgIpc) is 3.25. The van der Waals surface area contributed by atoms with Gasteiger partial charge in [0, 0.05) is 26.2 Å². The van der Waals surface area contributed by atoms with Gasteiger partial charge in [0.25, 0.3) is 0 Å². The zero-order chi connectivity index (χ0) is 27.8. The minimum Gasteiger partial charge on any atom is -0.394 e. The lowest BCUT2D eigenvalue weighted by Crippen LogP contribution is -2.58. The maximum absolute atomic E-state index is 14.4. The molecule has 0 saturated carbocycles. The van der Waals surface area contributed by atoms with E-state index in [4.69, 9.17) is 4.74 Å². The Hall–Kier alpha value is -2.97. The van der Waals surface area contributed by atoms with E-state index in [0.29, 0.717) is 32.6 Å². The summed E-state index contributed by atoms with van der Waals surface area (Å²) in [7, 11) is 0. The topological polar surface area (TPSA) is 90.4 Å². The van der Waals surface area contributed by atoms with Crippen LogP contribution in [0.1, 0.15) is 52.0 Å². The Labute approximate surface area is 231 Å². The second kappa shape index (κ2) is 10.9. The van der Waals surface area contributed by atoms with Crippen LogP contribution in [0.2, 0.25) is 0 Å². The summed E-state index contributed by atoms with van der Waals surface area (Å²) in [6, 6.07) is 8.30. The molecule has 1 spiro atoms. The van der Waals surface area contributed by atoms with E-state index < -0.39 is 35.1 Å². The molecule has 1 N–H and O–H groups in total. The molecule has 2 saturated heterocycles. The van der Waals surface area contributed by atoms with Crippen LogP contribution in [-0.2, 0) is 25.7 Å². The molecule has 0 aromatic heterocycles. The van der Waals surface area contributed by atoms with Crippen molar-refractivity contribution in [2.24, 2.45) is 11.8 Å². The van der Waals surface area contributed by atoms with Crippen LogP contribution in [0.3, 0.4) is 0 Å². The number of carbonyl (C=O) groups excluding carboxylic acids is 3. The number of carbonyl (C=O) groups is 3. The SMILES string of the molecule is CCCCCN1CC=C[C@]23O[C@]4(CC)C=CCN(Cc5ccccc5)C(=O)[C@@H]4[C@H]2C(=O)N([C@H](C)CO)C3C1=O. The summed E-state index contributed by atoms with van der Waals surface area (Å²) in [5.41, 5.74) is -1.28. The van der Waals surface area contributed by atoms with Crippen LogP contribution >= 0.6 is 0 Å². The van der Waals surface area contributed by atoms with E-state index in [-0.39, 0.29) is 24.3 Å². The van der Waals surface area contributed by atoms with E-state index >= 15 is 0 Å². The lowest BCUT2D eigenvalue weighted by Gasteiger charge is -2.40. The molecule has 3 amide bonds. The third-order valence-electron chi connectivity index (χ3n) is 9.03. The Kier molecular flexibility index (Phi) is 7.71. The number of aliphatic hydroxyl groups excluding tert-OH is 1. The molecule has 5 rings (SSSR count). The van der Waals surface area contributed by atoms with E-state index in [9.17, 15) is 19.5 Å². The number of ether oxygens (including phenoxy) is 1. The maximum Gasteiger partial charge on any atom is 0.249 e. The zero-order valence-corrected chi connectivity index (χ0v) is 23.3. The van der Waals surface area contributed by atoms with Crippen molar-refractivity contribution >= 4 is 17.7 Å². The van der Waals surface area contributed by atoms with Crippen molar-refractivity contribution < 1.29 is 24.2 Å². The fraction of sp³-hybridized carbons (Fsp3) is 0.581. The summed E-state index contributed by atoms with van der Waals surface area (Å²) in [5, 5.41) is 10.1. The highest BCUT2D eigenvalue weighted by atomic mass is 16.5. The fourth-order valence-electron chi connectivity index (χ4n) is 7.06. The first-order chi connectivity index (χ1) is 18.8. The van der Waals surface area contributed by atoms with Crippen LogP contribution in [0.25, 0.3) is 0 Å². The van der Waals surface area contributed by atoms with Crippen molar-refractivity contribution in [3.63, 3.8) is 0 Å². The summed E-state index contributed by atoms with van der Waals surface area (Å²) in [5.74, 6) is -2.24. The number of hydrogen-bond donors (Lipinski definition) is 1. The smallest absolute Gasteiger partial charge is 0.249 e. The molecule has 0 bridgehead atoms. The van der Waals surface area contributed by atoms with Crippen LogP contribution in [0.5, 0.6) is 0 Å². The van der Waals surface area contributed by atoms with Gasteiger partial charge in [-0.05, 0) is 25.3 Å². The second-order valence-corrected chi connectivity index (χ2v) is 11.4. The number of amides is 3. The summed E-state index contributed by atoms with van der Waals surface area (Å²) in [4.78, 5) is 48.0. The van der Waals surface area contributed by atoms with E-state index in [1.54, 1.807) is 16.7 Å². The highest BCUT2D eigenvalue weighted by molar-refractivity contribution is 6.00. The number of rotatable bonds is 9. The van der Waals surface area contributed by atoms with Gasteiger partial charge in [-0.2, -0.15) is 0 Å². The molecule has 4 heterocycles. The standard InChI is InChI=1S/C31H41N3O5/c1-4-6-10-17-32-18-12-16-31-25(28(37)34(22(3)21-35)26(31)29(32)38)24-27(36)33(20-23-13-8-7-9-14-23)19-11-15-30(24,5-2)39-31/h7-9,11-16,22,24-26,35H,4-6,10,17-21H2,1-3H3/t22-,24+,25+,26?,30-,31+/m1/s1. The fourth-order valence-corrected chi connectivity index (χ4v) is 7.06. The van der Waals surface area contributed by atoms with Crippen molar-refractivity contribution in [2.75, 3.05) is 26.2 Å². The average molecular weight is 536 g/mol. The van der Waals surface area contributed by atoms with Crippen molar-refractivity contribution in [3.8, 4) is 0 Å². The molecule has 1 aromatic carbocycles. The molecule has 0 radical (unpaired) electrons. The minimum atomic E-state index is -1.28. The molecular weight excluding hydrogens is 494 g/mol. The minimum absolute atomic E-state index is 0.136. The van der Waals surface area contributed by atoms with Gasteiger partial charge in [-0.3, -0.25) is 14.4 Å². The van der Waals surface area contributed by atoms with Gasteiger partial charge in [-0.1, -0.05) is 81.3 Å². The molecule has 4 aliphatic rings. The quantitative estimate of drug-likeness (QED) is 0.388. The van der Waals surface area contributed by atoms with Crippen molar-refractivity contribution in [2.45, 2.75) is 76.3 Å². The van der Waals surface area contributed by atoms with E-state index in [1.165, 1.54) is 4.90 Å². The monoisotopic (exact) mass is 535 g/mol. The van der Waals surface area contributed by atoms with Crippen LogP contribution in [-0.4, -0.2) is 87.1 Å². The number of aliphatic hydroxyl groups is 1. The first-order valence-corrected chi connectivity index (χ1v) is 14.4. The largest absolute Gasteiger partial charge is 0.394 e. The number of unbranched alkanes of at least 4 members (excludes halogenated alkanes) is 2. The lowest BCUT2D eigenvalue weighted by molar-refractivity contribution is -0.157. The van der Waals surface area contributed by atoms with Crippen molar-refractivity contribution in [3.05, 3.63) is 60.2 Å². The normalized spacial score (nSPS) is 32.7. The van der Waals surface area contributed by atoms with E-state index in [0.717, 1.165) is 24.8 Å². The Morgan fingerprint density at radius 3 is 2.36 bits per heavy atom. The third kappa shape index (κ3) is 4.42. The van der Waals surface area contributed by atoms with Crippen molar-refractivity contribution in [1.82, 2.24) is 14.7 Å². The van der Waals surface area contributed by atoms with Gasteiger partial charge in [0.05, 0.1) is 30.1 Å². The Morgan fingerprint density at radius 1 is 0.949 bits per heavy atom. The molecular formula is C31H41N3O5. The zero-order valence-electron chi connectivity index (χ0n) is 23.3. The van der Waals surface area contributed by atoms with Gasteiger partial charge in [-0.15, -0.1) is 0 Å². The molecule has 0 aliphatic carbocycles. The van der Waals surface area contributed by atoms with Gasteiger partial charge in [0.15, 0.2) is 0 Å². The van der Waals surface area contributed by atoms with E-state index in [1.807, 2.05) is 61.6 Å². The molecule has 4 aliphatic heterocycles. The summed E-state index contributed by atoms with van der Waals surface area (Å²) < 4.78 is 6.97. The molecule has 1 aromatic rings. The van der Waals surface area contributed by atoms with Crippen LogP contribution in [0.15, 0.2) is 54.6 Å². The van der Waals surface area contributed by atoms with Gasteiger partial charge in [-0.25, -0.2) is 0 Å². The molecule has 8 nitrogen and oxygen atoms in total. The van der Waals surface area contributed by atoms with Crippen LogP contribution in [0, 0.1) is 11.8 Å². The maximum atomic E-state index is 14.4. The highest BCUT2D eigenvalue weighted by Gasteiger charge is 2.75. The van der Waals surface area contributed by atoms with Gasteiger partial charge in [0.2, 0.25) is 17.7 Å². The molecule has 39 heavy (non-hydrogen) atoms. The Balaban J connectivity index is 1.58. The first-order valence-electron chi connectivity index (χ1n) is 14.4. The number of likely N-dealkylation sites (tertiary alicyclic amines) is 1. The number of fused-ring (bicyclic) bond motifs is 2.